The average Bonchev–Trinajstić information content (AvgIpc) is 2.70. The van der Waals surface area contributed by atoms with E-state index in [0.717, 1.165) is 4.88 Å². The highest BCUT2D eigenvalue weighted by molar-refractivity contribution is 7.13. The molecule has 0 aliphatic heterocycles. The largest absolute Gasteiger partial charge is 0.397 e. The van der Waals surface area contributed by atoms with Gasteiger partial charge in [-0.25, -0.2) is 0 Å². The first-order chi connectivity index (χ1) is 7.22. The number of thiophene rings is 1. The van der Waals surface area contributed by atoms with Crippen molar-refractivity contribution in [1.29, 1.82) is 5.26 Å². The molecule has 0 saturated carbocycles. The van der Waals surface area contributed by atoms with Crippen LogP contribution < -0.4 is 5.73 Å². The molecule has 2 rings (SSSR count). The Morgan fingerprint density at radius 1 is 1.47 bits per heavy atom. The Kier molecular flexibility index (Phi) is 2.79. The van der Waals surface area contributed by atoms with E-state index >= 15 is 0 Å². The van der Waals surface area contributed by atoms with Crippen LogP contribution in [0.15, 0.2) is 11.6 Å². The van der Waals surface area contributed by atoms with Gasteiger partial charge in [0.15, 0.2) is 0 Å². The van der Waals surface area contributed by atoms with E-state index in [1.165, 1.54) is 36.1 Å². The highest BCUT2D eigenvalue weighted by Gasteiger charge is 2.14. The summed E-state index contributed by atoms with van der Waals surface area (Å²) in [6, 6.07) is 4.27. The molecule has 0 atom stereocenters. The zero-order valence-electron chi connectivity index (χ0n) is 8.84. The second-order valence-corrected chi connectivity index (χ2v) is 5.05. The molecule has 0 unspecified atom stereocenters. The molecule has 0 amide bonds. The summed E-state index contributed by atoms with van der Waals surface area (Å²) in [5.41, 5.74) is 8.64. The molecular formula is C12H14N2S. The lowest BCUT2D eigenvalue weighted by atomic mass is 9.99. The third-order valence-electron chi connectivity index (χ3n) is 2.83. The standard InChI is InChI=1S/C12H14N2S/c1-8(7-13)12(14)11-6-9-4-2-3-5-10(9)15-11/h6H,2-5,14H2,1H3. The molecule has 2 nitrogen and oxygen atoms in total. The van der Waals surface area contributed by atoms with Gasteiger partial charge in [0.1, 0.15) is 0 Å². The van der Waals surface area contributed by atoms with Gasteiger partial charge in [-0.15, -0.1) is 11.3 Å². The molecule has 1 heterocycles. The van der Waals surface area contributed by atoms with Crippen molar-refractivity contribution in [1.82, 2.24) is 0 Å². The Hall–Kier alpha value is -1.27. The number of hydrogen-bond donors (Lipinski definition) is 1. The van der Waals surface area contributed by atoms with Crippen molar-refractivity contribution in [2.24, 2.45) is 5.73 Å². The minimum atomic E-state index is 0.619. The van der Waals surface area contributed by atoms with Crippen molar-refractivity contribution in [3.8, 4) is 6.07 Å². The fraction of sp³-hybridized carbons (Fsp3) is 0.417. The van der Waals surface area contributed by atoms with E-state index in [-0.39, 0.29) is 0 Å². The molecule has 0 fully saturated rings. The molecule has 1 aromatic rings. The Balaban J connectivity index is 2.39. The number of aryl methyl sites for hydroxylation is 2. The highest BCUT2D eigenvalue weighted by atomic mass is 32.1. The average molecular weight is 218 g/mol. The molecule has 78 valence electrons. The Morgan fingerprint density at radius 3 is 2.87 bits per heavy atom. The molecular weight excluding hydrogens is 204 g/mol. The van der Waals surface area contributed by atoms with Gasteiger partial charge in [-0.2, -0.15) is 5.26 Å². The Bertz CT molecular complexity index is 425. The molecule has 0 bridgehead atoms. The second-order valence-electron chi connectivity index (χ2n) is 3.92. The minimum Gasteiger partial charge on any atom is -0.397 e. The number of fused-ring (bicyclic) bond motifs is 1. The number of allylic oxidation sites excluding steroid dienone is 1. The summed E-state index contributed by atoms with van der Waals surface area (Å²) in [7, 11) is 0. The smallest absolute Gasteiger partial charge is 0.0966 e. The number of nitrogens with two attached hydrogens (primary N) is 1. The van der Waals surface area contributed by atoms with E-state index in [2.05, 4.69) is 12.1 Å². The first-order valence-corrected chi connectivity index (χ1v) is 6.02. The SMILES string of the molecule is CC(C#N)=C(N)c1cc2c(s1)CCCC2. The summed E-state index contributed by atoms with van der Waals surface area (Å²) in [5, 5.41) is 8.79. The van der Waals surface area contributed by atoms with Gasteiger partial charge >= 0.3 is 0 Å². The van der Waals surface area contributed by atoms with Crippen molar-refractivity contribution in [2.75, 3.05) is 0 Å². The lowest BCUT2D eigenvalue weighted by Crippen LogP contribution is -1.97. The van der Waals surface area contributed by atoms with Crippen LogP contribution in [0.1, 0.15) is 35.1 Å². The third kappa shape index (κ3) is 1.91. The molecule has 0 aromatic carbocycles. The summed E-state index contributed by atoms with van der Waals surface area (Å²) in [5.74, 6) is 0. The molecule has 0 saturated heterocycles. The number of nitrogens with zero attached hydrogens (tertiary/aromatic N) is 1. The Labute approximate surface area is 94.0 Å². The van der Waals surface area contributed by atoms with Gasteiger partial charge in [0.25, 0.3) is 0 Å². The third-order valence-corrected chi connectivity index (χ3v) is 4.10. The zero-order chi connectivity index (χ0) is 10.8. The maximum atomic E-state index is 8.79. The first kappa shape index (κ1) is 10.3. The first-order valence-electron chi connectivity index (χ1n) is 5.20. The summed E-state index contributed by atoms with van der Waals surface area (Å²) in [4.78, 5) is 2.53. The lowest BCUT2D eigenvalue weighted by molar-refractivity contribution is 0.697. The van der Waals surface area contributed by atoms with Crippen LogP contribution in [0.3, 0.4) is 0 Å². The van der Waals surface area contributed by atoms with Crippen molar-refractivity contribution >= 4 is 17.0 Å². The van der Waals surface area contributed by atoms with E-state index in [9.17, 15) is 0 Å². The summed E-state index contributed by atoms with van der Waals surface area (Å²) >= 11 is 1.75. The van der Waals surface area contributed by atoms with Gasteiger partial charge in [0.05, 0.1) is 22.2 Å². The van der Waals surface area contributed by atoms with E-state index in [0.29, 0.717) is 11.3 Å². The summed E-state index contributed by atoms with van der Waals surface area (Å²) in [6.45, 7) is 1.77. The van der Waals surface area contributed by atoms with Gasteiger partial charge in [0, 0.05) is 4.88 Å². The van der Waals surface area contributed by atoms with Gasteiger partial charge < -0.3 is 5.73 Å². The number of hydrogen-bond acceptors (Lipinski definition) is 3. The molecule has 1 aromatic heterocycles. The van der Waals surface area contributed by atoms with Crippen LogP contribution in [0.5, 0.6) is 0 Å². The van der Waals surface area contributed by atoms with Gasteiger partial charge in [-0.1, -0.05) is 0 Å². The van der Waals surface area contributed by atoms with Gasteiger partial charge in [-0.05, 0) is 44.2 Å². The van der Waals surface area contributed by atoms with E-state index in [1.54, 1.807) is 18.3 Å². The van der Waals surface area contributed by atoms with Crippen molar-refractivity contribution in [3.63, 3.8) is 0 Å². The second kappa shape index (κ2) is 4.08. The van der Waals surface area contributed by atoms with Crippen molar-refractivity contribution < 1.29 is 0 Å². The number of rotatable bonds is 1. The topological polar surface area (TPSA) is 49.8 Å². The fourth-order valence-corrected chi connectivity index (χ4v) is 3.14. The normalized spacial score (nSPS) is 16.5. The van der Waals surface area contributed by atoms with Gasteiger partial charge in [0.2, 0.25) is 0 Å². The van der Waals surface area contributed by atoms with Crippen LogP contribution in [0.2, 0.25) is 0 Å². The molecule has 1 aliphatic rings. The predicted molar refractivity (Wildman–Crippen MR) is 63.4 cm³/mol. The van der Waals surface area contributed by atoms with E-state index < -0.39 is 0 Å². The minimum absolute atomic E-state index is 0.619. The maximum absolute atomic E-state index is 8.79. The van der Waals surface area contributed by atoms with Crippen molar-refractivity contribution in [3.05, 3.63) is 27.0 Å². The monoisotopic (exact) mass is 218 g/mol. The quantitative estimate of drug-likeness (QED) is 0.737. The zero-order valence-corrected chi connectivity index (χ0v) is 9.66. The molecule has 15 heavy (non-hydrogen) atoms. The maximum Gasteiger partial charge on any atom is 0.0966 e. The predicted octanol–water partition coefficient (Wildman–Crippen LogP) is 2.84. The van der Waals surface area contributed by atoms with Crippen LogP contribution in [-0.4, -0.2) is 0 Å². The van der Waals surface area contributed by atoms with Crippen LogP contribution in [0.4, 0.5) is 0 Å². The molecule has 0 radical (unpaired) electrons. The molecule has 2 N–H and O–H groups in total. The van der Waals surface area contributed by atoms with E-state index in [1.807, 2.05) is 0 Å². The van der Waals surface area contributed by atoms with Crippen LogP contribution in [0, 0.1) is 11.3 Å². The van der Waals surface area contributed by atoms with Crippen LogP contribution in [0.25, 0.3) is 5.70 Å². The van der Waals surface area contributed by atoms with Crippen LogP contribution in [-0.2, 0) is 12.8 Å². The van der Waals surface area contributed by atoms with Gasteiger partial charge in [-0.3, -0.25) is 0 Å². The Morgan fingerprint density at radius 2 is 2.20 bits per heavy atom. The molecule has 3 heteroatoms. The van der Waals surface area contributed by atoms with Crippen molar-refractivity contribution in [2.45, 2.75) is 32.6 Å². The molecule has 0 spiro atoms. The fourth-order valence-electron chi connectivity index (χ4n) is 1.87. The number of nitriles is 1. The summed E-state index contributed by atoms with van der Waals surface area (Å²) < 4.78 is 0. The summed E-state index contributed by atoms with van der Waals surface area (Å²) in [6.07, 6.45) is 4.92. The van der Waals surface area contributed by atoms with E-state index in [4.69, 9.17) is 11.0 Å². The highest BCUT2D eigenvalue weighted by Crippen LogP contribution is 2.32. The van der Waals surface area contributed by atoms with Crippen LogP contribution >= 0.6 is 11.3 Å². The lowest BCUT2D eigenvalue weighted by Gasteiger charge is -2.08. The molecule has 1 aliphatic carbocycles.